The largest absolute Gasteiger partial charge is 0.480 e. The number of carboxylic acid groups (broad SMARTS) is 1. The minimum Gasteiger partial charge on any atom is -0.480 e. The minimum atomic E-state index is -0.974. The fourth-order valence-electron chi connectivity index (χ4n) is 2.07. The summed E-state index contributed by atoms with van der Waals surface area (Å²) < 4.78 is 0. The van der Waals surface area contributed by atoms with Crippen LogP contribution in [0.4, 0.5) is 4.79 Å². The van der Waals surface area contributed by atoms with Crippen LogP contribution in [0.15, 0.2) is 0 Å². The highest BCUT2D eigenvalue weighted by molar-refractivity contribution is 5.82. The minimum absolute atomic E-state index is 0.237. The summed E-state index contributed by atoms with van der Waals surface area (Å²) in [5.41, 5.74) is 0. The first kappa shape index (κ1) is 14.8. The van der Waals surface area contributed by atoms with Crippen LogP contribution in [0.2, 0.25) is 0 Å². The molecule has 1 rings (SSSR count). The van der Waals surface area contributed by atoms with Gasteiger partial charge in [-0.1, -0.05) is 33.1 Å². The van der Waals surface area contributed by atoms with Crippen molar-refractivity contribution < 1.29 is 14.7 Å². The number of nitrogens with one attached hydrogen (secondary N) is 2. The van der Waals surface area contributed by atoms with E-state index in [1.165, 1.54) is 19.3 Å². The number of aliphatic carboxylic acids is 1. The highest BCUT2D eigenvalue weighted by Crippen LogP contribution is 2.28. The Balaban J connectivity index is 2.20. The second-order valence-electron chi connectivity index (χ2n) is 5.51. The van der Waals surface area contributed by atoms with E-state index in [0.29, 0.717) is 13.0 Å². The first-order chi connectivity index (χ1) is 8.49. The lowest BCUT2D eigenvalue weighted by molar-refractivity contribution is -0.139. The third-order valence-corrected chi connectivity index (χ3v) is 3.37. The van der Waals surface area contributed by atoms with Gasteiger partial charge < -0.3 is 15.7 Å². The van der Waals surface area contributed by atoms with E-state index in [1.807, 2.05) is 13.8 Å². The van der Waals surface area contributed by atoms with Gasteiger partial charge in [-0.3, -0.25) is 0 Å². The molecule has 0 aromatic carbocycles. The Morgan fingerprint density at radius 1 is 1.33 bits per heavy atom. The summed E-state index contributed by atoms with van der Waals surface area (Å²) in [6.45, 7) is 4.50. The van der Waals surface area contributed by atoms with Crippen molar-refractivity contribution in [2.45, 2.75) is 52.0 Å². The molecule has 1 atom stereocenters. The van der Waals surface area contributed by atoms with E-state index < -0.39 is 12.0 Å². The summed E-state index contributed by atoms with van der Waals surface area (Å²) in [5.74, 6) is 0.00968. The van der Waals surface area contributed by atoms with E-state index in [-0.39, 0.29) is 11.9 Å². The molecule has 0 unspecified atom stereocenters. The van der Waals surface area contributed by atoms with Gasteiger partial charge in [-0.2, -0.15) is 0 Å². The van der Waals surface area contributed by atoms with Gasteiger partial charge in [0.05, 0.1) is 0 Å². The Labute approximate surface area is 108 Å². The van der Waals surface area contributed by atoms with Crippen LogP contribution in [-0.2, 0) is 4.79 Å². The van der Waals surface area contributed by atoms with Crippen LogP contribution in [0.5, 0.6) is 0 Å². The zero-order chi connectivity index (χ0) is 13.5. The zero-order valence-electron chi connectivity index (χ0n) is 11.2. The molecular formula is C13H24N2O3. The third kappa shape index (κ3) is 5.38. The molecular weight excluding hydrogens is 232 g/mol. The number of hydrogen-bond acceptors (Lipinski definition) is 2. The van der Waals surface area contributed by atoms with Crippen molar-refractivity contribution in [2.75, 3.05) is 6.54 Å². The second kappa shape index (κ2) is 7.24. The maximum atomic E-state index is 11.5. The summed E-state index contributed by atoms with van der Waals surface area (Å²) in [5, 5.41) is 14.2. The molecule has 0 aromatic heterocycles. The number of carboxylic acids is 1. The van der Waals surface area contributed by atoms with Crippen molar-refractivity contribution in [1.82, 2.24) is 10.6 Å². The standard InChI is InChI=1S/C13H24N2O3/c1-9(2)8-11(12(16)17)15-13(18)14-7-6-10-4-3-5-10/h9-11H,3-8H2,1-2H3,(H,16,17)(H2,14,15,18)/t11-/m0/s1. The van der Waals surface area contributed by atoms with E-state index >= 15 is 0 Å². The number of carbonyl (C=O) groups excluding carboxylic acids is 1. The molecule has 3 N–H and O–H groups in total. The van der Waals surface area contributed by atoms with Gasteiger partial charge in [-0.15, -0.1) is 0 Å². The molecule has 0 saturated heterocycles. The molecule has 0 radical (unpaired) electrons. The van der Waals surface area contributed by atoms with E-state index in [4.69, 9.17) is 5.11 Å². The number of amides is 2. The fourth-order valence-corrected chi connectivity index (χ4v) is 2.07. The molecule has 1 aliphatic rings. The maximum absolute atomic E-state index is 11.5. The normalized spacial score (nSPS) is 17.1. The highest BCUT2D eigenvalue weighted by atomic mass is 16.4. The lowest BCUT2D eigenvalue weighted by Crippen LogP contribution is -2.47. The van der Waals surface area contributed by atoms with Gasteiger partial charge in [0.2, 0.25) is 0 Å². The second-order valence-corrected chi connectivity index (χ2v) is 5.51. The van der Waals surface area contributed by atoms with Gasteiger partial charge in [-0.25, -0.2) is 9.59 Å². The van der Waals surface area contributed by atoms with Gasteiger partial charge in [-0.05, 0) is 24.7 Å². The van der Waals surface area contributed by atoms with Gasteiger partial charge in [0, 0.05) is 6.54 Å². The van der Waals surface area contributed by atoms with Crippen molar-refractivity contribution in [3.63, 3.8) is 0 Å². The van der Waals surface area contributed by atoms with Gasteiger partial charge >= 0.3 is 12.0 Å². The zero-order valence-corrected chi connectivity index (χ0v) is 11.2. The SMILES string of the molecule is CC(C)C[C@H](NC(=O)NCCC1CCC1)C(=O)O. The van der Waals surface area contributed by atoms with Crippen LogP contribution in [0.1, 0.15) is 46.0 Å². The molecule has 5 nitrogen and oxygen atoms in total. The van der Waals surface area contributed by atoms with Crippen LogP contribution < -0.4 is 10.6 Å². The Morgan fingerprint density at radius 2 is 2.00 bits per heavy atom. The van der Waals surface area contributed by atoms with Crippen molar-refractivity contribution in [3.05, 3.63) is 0 Å². The first-order valence-corrected chi connectivity index (χ1v) is 6.76. The smallest absolute Gasteiger partial charge is 0.326 e. The van der Waals surface area contributed by atoms with Crippen molar-refractivity contribution in [3.8, 4) is 0 Å². The van der Waals surface area contributed by atoms with Crippen LogP contribution in [0, 0.1) is 11.8 Å². The van der Waals surface area contributed by atoms with E-state index in [2.05, 4.69) is 10.6 Å². The summed E-state index contributed by atoms with van der Waals surface area (Å²) >= 11 is 0. The maximum Gasteiger partial charge on any atom is 0.326 e. The summed E-state index contributed by atoms with van der Waals surface area (Å²) in [7, 11) is 0. The van der Waals surface area contributed by atoms with Crippen molar-refractivity contribution in [2.24, 2.45) is 11.8 Å². The summed E-state index contributed by atoms with van der Waals surface area (Å²) in [4.78, 5) is 22.5. The third-order valence-electron chi connectivity index (χ3n) is 3.37. The van der Waals surface area contributed by atoms with E-state index in [0.717, 1.165) is 12.3 Å². The topological polar surface area (TPSA) is 78.4 Å². The van der Waals surface area contributed by atoms with Crippen molar-refractivity contribution in [1.29, 1.82) is 0 Å². The van der Waals surface area contributed by atoms with Gasteiger partial charge in [0.1, 0.15) is 6.04 Å². The molecule has 0 heterocycles. The Bertz CT molecular complexity index is 288. The highest BCUT2D eigenvalue weighted by Gasteiger charge is 2.21. The van der Waals surface area contributed by atoms with Gasteiger partial charge in [0.15, 0.2) is 0 Å². The van der Waals surface area contributed by atoms with Gasteiger partial charge in [0.25, 0.3) is 0 Å². The Morgan fingerprint density at radius 3 is 2.44 bits per heavy atom. The Hall–Kier alpha value is -1.26. The predicted molar refractivity (Wildman–Crippen MR) is 69.4 cm³/mol. The lowest BCUT2D eigenvalue weighted by atomic mass is 9.83. The molecule has 0 bridgehead atoms. The van der Waals surface area contributed by atoms with Crippen LogP contribution in [0.3, 0.4) is 0 Å². The molecule has 1 aliphatic carbocycles. The Kier molecular flexibility index (Phi) is 5.95. The number of urea groups is 1. The van der Waals surface area contributed by atoms with E-state index in [9.17, 15) is 9.59 Å². The van der Waals surface area contributed by atoms with Crippen LogP contribution in [0.25, 0.3) is 0 Å². The average Bonchev–Trinajstić information content (AvgIpc) is 2.20. The van der Waals surface area contributed by atoms with E-state index in [1.54, 1.807) is 0 Å². The molecule has 1 fully saturated rings. The van der Waals surface area contributed by atoms with Crippen LogP contribution >= 0.6 is 0 Å². The van der Waals surface area contributed by atoms with Crippen LogP contribution in [-0.4, -0.2) is 29.7 Å². The predicted octanol–water partition coefficient (Wildman–Crippen LogP) is 1.98. The average molecular weight is 256 g/mol. The number of hydrogen-bond donors (Lipinski definition) is 3. The first-order valence-electron chi connectivity index (χ1n) is 6.76. The summed E-state index contributed by atoms with van der Waals surface area (Å²) in [6, 6.07) is -1.17. The monoisotopic (exact) mass is 256 g/mol. The quantitative estimate of drug-likeness (QED) is 0.651. The molecule has 2 amide bonds. The number of carbonyl (C=O) groups is 2. The molecule has 0 aromatic rings. The molecule has 0 spiro atoms. The number of rotatable bonds is 7. The van der Waals surface area contributed by atoms with Crippen molar-refractivity contribution >= 4 is 12.0 Å². The molecule has 0 aliphatic heterocycles. The molecule has 1 saturated carbocycles. The molecule has 18 heavy (non-hydrogen) atoms. The summed E-state index contributed by atoms with van der Waals surface area (Å²) in [6.07, 6.45) is 5.26. The molecule has 5 heteroatoms. The fraction of sp³-hybridized carbons (Fsp3) is 0.846. The molecule has 104 valence electrons. The lowest BCUT2D eigenvalue weighted by Gasteiger charge is -2.25.